The van der Waals surface area contributed by atoms with Gasteiger partial charge in [0, 0.05) is 41.4 Å². The number of hydrogen-bond acceptors (Lipinski definition) is 5. The number of halogens is 1. The van der Waals surface area contributed by atoms with Crippen molar-refractivity contribution in [1.29, 1.82) is 0 Å². The number of hydrogen-bond donors (Lipinski definition) is 4. The number of carboxylic acids is 1. The fourth-order valence-electron chi connectivity index (χ4n) is 4.53. The molecule has 1 aliphatic rings. The van der Waals surface area contributed by atoms with Gasteiger partial charge in [-0.05, 0) is 49.8 Å². The number of benzene rings is 1. The molecular formula is C25H34ClN5O4. The first-order valence-corrected chi connectivity index (χ1v) is 11.6. The molecule has 3 aromatic rings. The summed E-state index contributed by atoms with van der Waals surface area (Å²) < 4.78 is 5.00. The van der Waals surface area contributed by atoms with Crippen LogP contribution in [0.1, 0.15) is 38.4 Å². The van der Waals surface area contributed by atoms with Gasteiger partial charge in [0.15, 0.2) is 0 Å². The van der Waals surface area contributed by atoms with Crippen molar-refractivity contribution in [3.63, 3.8) is 0 Å². The normalized spacial score (nSPS) is 15.3. The quantitative estimate of drug-likeness (QED) is 0.331. The van der Waals surface area contributed by atoms with Gasteiger partial charge in [0.2, 0.25) is 5.91 Å². The summed E-state index contributed by atoms with van der Waals surface area (Å²) in [7, 11) is 1.75. The summed E-state index contributed by atoms with van der Waals surface area (Å²) in [4.78, 5) is 28.5. The second-order valence-electron chi connectivity index (χ2n) is 9.84. The van der Waals surface area contributed by atoms with Gasteiger partial charge < -0.3 is 25.0 Å². The number of ether oxygens (including phenoxy) is 1. The van der Waals surface area contributed by atoms with Crippen molar-refractivity contribution in [2.75, 3.05) is 31.7 Å². The van der Waals surface area contributed by atoms with E-state index in [1.54, 1.807) is 18.9 Å². The molecule has 1 aliphatic carbocycles. The van der Waals surface area contributed by atoms with Crippen LogP contribution in [0.5, 0.6) is 0 Å². The highest BCUT2D eigenvalue weighted by molar-refractivity contribution is 5.98. The number of nitrogens with one attached hydrogen (secondary N) is 3. The second kappa shape index (κ2) is 10.8. The van der Waals surface area contributed by atoms with Crippen LogP contribution >= 0.6 is 12.4 Å². The van der Waals surface area contributed by atoms with Crippen LogP contribution in [0.25, 0.3) is 22.3 Å². The average molecular weight is 504 g/mol. The maximum atomic E-state index is 12.9. The maximum absolute atomic E-state index is 12.9. The van der Waals surface area contributed by atoms with Crippen LogP contribution in [0, 0.1) is 5.41 Å². The molecule has 35 heavy (non-hydrogen) atoms. The Morgan fingerprint density at radius 2 is 2.09 bits per heavy atom. The third kappa shape index (κ3) is 6.04. The number of likely N-dealkylation sites (N-methyl/N-ethyl adjacent to an activating group) is 1. The van der Waals surface area contributed by atoms with Gasteiger partial charge in [0.1, 0.15) is 12.3 Å². The number of carbonyl (C=O) groups excluding carboxylic acids is 1. The molecule has 1 atom stereocenters. The lowest BCUT2D eigenvalue weighted by Gasteiger charge is -2.28. The van der Waals surface area contributed by atoms with Crippen molar-refractivity contribution in [2.24, 2.45) is 5.41 Å². The van der Waals surface area contributed by atoms with Crippen LogP contribution in [0.4, 0.5) is 5.69 Å². The zero-order chi connectivity index (χ0) is 24.5. The van der Waals surface area contributed by atoms with Crippen LogP contribution in [-0.4, -0.2) is 65.0 Å². The lowest BCUT2D eigenvalue weighted by molar-refractivity contribution is -0.142. The summed E-state index contributed by atoms with van der Waals surface area (Å²) in [5.74, 6) is -1.10. The van der Waals surface area contributed by atoms with E-state index >= 15 is 0 Å². The van der Waals surface area contributed by atoms with E-state index in [2.05, 4.69) is 40.4 Å². The van der Waals surface area contributed by atoms with E-state index < -0.39 is 12.0 Å². The summed E-state index contributed by atoms with van der Waals surface area (Å²) in [6.07, 6.45) is 3.16. The van der Waals surface area contributed by atoms with Crippen LogP contribution in [-0.2, 0) is 27.2 Å². The summed E-state index contributed by atoms with van der Waals surface area (Å²) in [5.41, 5.74) is 6.51. The zero-order valence-corrected chi connectivity index (χ0v) is 21.4. The number of anilines is 1. The first-order chi connectivity index (χ1) is 16.1. The predicted octanol–water partition coefficient (Wildman–Crippen LogP) is 3.54. The predicted molar refractivity (Wildman–Crippen MR) is 138 cm³/mol. The van der Waals surface area contributed by atoms with Gasteiger partial charge in [-0.15, -0.1) is 12.4 Å². The molecule has 2 aromatic heterocycles. The number of rotatable bonds is 9. The molecule has 0 saturated heterocycles. The second-order valence-corrected chi connectivity index (χ2v) is 9.84. The summed E-state index contributed by atoms with van der Waals surface area (Å²) in [6.45, 7) is 6.63. The highest BCUT2D eigenvalue weighted by Crippen LogP contribution is 2.38. The molecule has 190 valence electrons. The molecule has 9 nitrogen and oxygen atoms in total. The lowest BCUT2D eigenvalue weighted by atomic mass is 9.76. The first-order valence-electron chi connectivity index (χ1n) is 11.6. The van der Waals surface area contributed by atoms with Crippen LogP contribution in [0.3, 0.4) is 0 Å². The number of aliphatic carboxylic acids is 1. The van der Waals surface area contributed by atoms with Gasteiger partial charge in [-0.2, -0.15) is 5.10 Å². The minimum Gasteiger partial charge on any atom is -0.480 e. The van der Waals surface area contributed by atoms with Gasteiger partial charge >= 0.3 is 5.97 Å². The monoisotopic (exact) mass is 503 g/mol. The smallest absolute Gasteiger partial charge is 0.329 e. The number of amides is 1. The highest BCUT2D eigenvalue weighted by Gasteiger charge is 2.29. The molecule has 4 rings (SSSR count). The third-order valence-electron chi connectivity index (χ3n) is 6.53. The molecule has 0 bridgehead atoms. The Labute approximate surface area is 211 Å². The van der Waals surface area contributed by atoms with Crippen molar-refractivity contribution in [3.8, 4) is 11.4 Å². The van der Waals surface area contributed by atoms with Gasteiger partial charge in [-0.1, -0.05) is 19.9 Å². The van der Waals surface area contributed by atoms with Crippen molar-refractivity contribution < 1.29 is 19.4 Å². The van der Waals surface area contributed by atoms with Gasteiger partial charge in [-0.3, -0.25) is 9.89 Å². The molecule has 0 aliphatic heterocycles. The van der Waals surface area contributed by atoms with Crippen LogP contribution in [0.2, 0.25) is 0 Å². The fraction of sp³-hybridized carbons (Fsp3) is 0.480. The molecular weight excluding hydrogens is 470 g/mol. The van der Waals surface area contributed by atoms with Gasteiger partial charge in [-0.25, -0.2) is 4.79 Å². The Kier molecular flexibility index (Phi) is 8.25. The van der Waals surface area contributed by atoms with Crippen molar-refractivity contribution in [1.82, 2.24) is 20.5 Å². The molecule has 1 amide bonds. The molecule has 10 heteroatoms. The van der Waals surface area contributed by atoms with E-state index in [9.17, 15) is 9.59 Å². The molecule has 2 heterocycles. The number of fused-ring (bicyclic) bond motifs is 2. The third-order valence-corrected chi connectivity index (χ3v) is 6.53. The van der Waals surface area contributed by atoms with Crippen molar-refractivity contribution in [3.05, 3.63) is 35.5 Å². The Morgan fingerprint density at radius 1 is 1.31 bits per heavy atom. The van der Waals surface area contributed by atoms with Crippen molar-refractivity contribution >= 4 is 40.9 Å². The summed E-state index contributed by atoms with van der Waals surface area (Å²) >= 11 is 0. The molecule has 0 saturated carbocycles. The fourth-order valence-corrected chi connectivity index (χ4v) is 4.53. The van der Waals surface area contributed by atoms with E-state index in [-0.39, 0.29) is 31.5 Å². The molecule has 0 fully saturated rings. The summed E-state index contributed by atoms with van der Waals surface area (Å²) in [6, 6.07) is 7.59. The van der Waals surface area contributed by atoms with E-state index in [4.69, 9.17) is 9.84 Å². The minimum absolute atomic E-state index is 0. The van der Waals surface area contributed by atoms with Gasteiger partial charge in [0.05, 0.1) is 18.3 Å². The summed E-state index contributed by atoms with van der Waals surface area (Å²) in [5, 5.41) is 20.6. The van der Waals surface area contributed by atoms with E-state index in [1.165, 1.54) is 11.3 Å². The Bertz CT molecular complexity index is 1200. The minimum atomic E-state index is -1.01. The zero-order valence-electron chi connectivity index (χ0n) is 20.6. The first kappa shape index (κ1) is 26.7. The topological polar surface area (TPSA) is 123 Å². The molecule has 0 radical (unpaired) electrons. The van der Waals surface area contributed by atoms with Crippen LogP contribution in [0.15, 0.2) is 24.3 Å². The van der Waals surface area contributed by atoms with E-state index in [1.807, 2.05) is 18.2 Å². The SMILES string of the molecule is CC(NCCOCC(=O)O)C(=O)N(C)c1ccc2cc(-c3n[nH]c4c3CCC(C)(C)C4)[nH]c2c1.Cl. The lowest BCUT2D eigenvalue weighted by Crippen LogP contribution is -2.44. The number of carboxylic acid groups (broad SMARTS) is 1. The molecule has 1 unspecified atom stereocenters. The average Bonchev–Trinajstić information content (AvgIpc) is 3.39. The highest BCUT2D eigenvalue weighted by atomic mass is 35.5. The molecule has 1 aromatic carbocycles. The maximum Gasteiger partial charge on any atom is 0.329 e. The Balaban J connectivity index is 0.00000342. The Hall–Kier alpha value is -2.88. The standard InChI is InChI=1S/C25H33N5O4.ClH/c1-15(26-9-10-34-14-22(31)32)24(33)30(4)17-6-5-16-11-20(27-19(16)12-17)23-18-7-8-25(2,3)13-21(18)28-29-23;/h5-6,11-12,15,26-27H,7-10,13-14H2,1-4H3,(H,28,29)(H,31,32);1H. The van der Waals surface area contributed by atoms with Gasteiger partial charge in [0.25, 0.3) is 0 Å². The molecule has 0 spiro atoms. The molecule has 4 N–H and O–H groups in total. The van der Waals surface area contributed by atoms with Crippen LogP contribution < -0.4 is 10.2 Å². The number of carbonyl (C=O) groups is 2. The number of nitrogens with zero attached hydrogens (tertiary/aromatic N) is 2. The number of aromatic nitrogens is 3. The van der Waals surface area contributed by atoms with E-state index in [0.29, 0.717) is 12.0 Å². The van der Waals surface area contributed by atoms with Crippen molar-refractivity contribution in [2.45, 2.75) is 46.1 Å². The number of H-pyrrole nitrogens is 2. The largest absolute Gasteiger partial charge is 0.480 e. The Morgan fingerprint density at radius 3 is 2.83 bits per heavy atom. The number of aromatic amines is 2. The van der Waals surface area contributed by atoms with E-state index in [0.717, 1.165) is 47.2 Å².